The molecule has 9 heteroatoms. The lowest BCUT2D eigenvalue weighted by atomic mass is 10.1. The van der Waals surface area contributed by atoms with Gasteiger partial charge in [0.15, 0.2) is 5.65 Å². The smallest absolute Gasteiger partial charge is 0.211 e. The molecular formula is C25H28N6O2S. The molecule has 0 radical (unpaired) electrons. The second-order valence-corrected chi connectivity index (χ2v) is 10.6. The highest BCUT2D eigenvalue weighted by atomic mass is 32.2. The van der Waals surface area contributed by atoms with Crippen LogP contribution in [0.2, 0.25) is 0 Å². The number of anilines is 1. The van der Waals surface area contributed by atoms with Gasteiger partial charge in [-0.1, -0.05) is 48.5 Å². The summed E-state index contributed by atoms with van der Waals surface area (Å²) < 4.78 is 27.7. The summed E-state index contributed by atoms with van der Waals surface area (Å²) in [5, 5.41) is 5.73. The molecule has 2 aromatic heterocycles. The molecule has 3 heterocycles. The van der Waals surface area contributed by atoms with E-state index in [2.05, 4.69) is 17.0 Å². The molecular weight excluding hydrogens is 448 g/mol. The quantitative estimate of drug-likeness (QED) is 0.440. The van der Waals surface area contributed by atoms with Gasteiger partial charge in [-0.25, -0.2) is 27.4 Å². The van der Waals surface area contributed by atoms with Crippen molar-refractivity contribution in [3.05, 3.63) is 77.7 Å². The summed E-state index contributed by atoms with van der Waals surface area (Å²) in [4.78, 5) is 12.2. The van der Waals surface area contributed by atoms with E-state index in [-0.39, 0.29) is 0 Å². The molecule has 34 heavy (non-hydrogen) atoms. The summed E-state index contributed by atoms with van der Waals surface area (Å²) >= 11 is 0. The first-order valence-corrected chi connectivity index (χ1v) is 13.3. The first-order chi connectivity index (χ1) is 16.4. The van der Waals surface area contributed by atoms with Crippen LogP contribution in [0.4, 0.5) is 5.82 Å². The minimum Gasteiger partial charge on any atom is -0.355 e. The minimum absolute atomic E-state index is 0.435. The van der Waals surface area contributed by atoms with Crippen LogP contribution in [0.15, 0.2) is 60.7 Å². The van der Waals surface area contributed by atoms with Gasteiger partial charge in [0.1, 0.15) is 11.6 Å². The van der Waals surface area contributed by atoms with Crippen LogP contribution in [0.5, 0.6) is 0 Å². The van der Waals surface area contributed by atoms with Crippen molar-refractivity contribution < 1.29 is 8.42 Å². The highest BCUT2D eigenvalue weighted by Crippen LogP contribution is 2.30. The number of nitrogens with zero attached hydrogens (tertiary/aromatic N) is 6. The van der Waals surface area contributed by atoms with Gasteiger partial charge in [-0.15, -0.1) is 0 Å². The van der Waals surface area contributed by atoms with Crippen molar-refractivity contribution >= 4 is 26.9 Å². The fourth-order valence-electron chi connectivity index (χ4n) is 4.48. The highest BCUT2D eigenvalue weighted by molar-refractivity contribution is 7.88. The summed E-state index contributed by atoms with van der Waals surface area (Å²) in [7, 11) is -3.23. The lowest BCUT2D eigenvalue weighted by Crippen LogP contribution is -2.34. The van der Waals surface area contributed by atoms with E-state index in [4.69, 9.17) is 15.1 Å². The molecule has 0 amide bonds. The number of benzene rings is 2. The van der Waals surface area contributed by atoms with E-state index in [0.717, 1.165) is 52.6 Å². The van der Waals surface area contributed by atoms with Gasteiger partial charge in [0.05, 0.1) is 23.0 Å². The SMILES string of the molecule is Cc1nn(-c2ccccc2)c2nc(Cc3ccccc3)nc(N3CCCN(S(C)(=O)=O)CC3)c12. The molecule has 176 valence electrons. The Hall–Kier alpha value is -3.30. The van der Waals surface area contributed by atoms with Crippen molar-refractivity contribution in [2.75, 3.05) is 37.3 Å². The van der Waals surface area contributed by atoms with E-state index in [1.807, 2.05) is 60.1 Å². The molecule has 0 atom stereocenters. The van der Waals surface area contributed by atoms with Gasteiger partial charge in [-0.2, -0.15) is 5.10 Å². The lowest BCUT2D eigenvalue weighted by Gasteiger charge is -2.23. The Morgan fingerprint density at radius 3 is 2.29 bits per heavy atom. The van der Waals surface area contributed by atoms with Gasteiger partial charge in [-0.05, 0) is 31.0 Å². The second kappa shape index (κ2) is 9.15. The first-order valence-electron chi connectivity index (χ1n) is 11.5. The van der Waals surface area contributed by atoms with E-state index < -0.39 is 10.0 Å². The number of aryl methyl sites for hydroxylation is 1. The van der Waals surface area contributed by atoms with E-state index in [1.54, 1.807) is 4.31 Å². The molecule has 1 aliphatic heterocycles. The predicted molar refractivity (Wildman–Crippen MR) is 134 cm³/mol. The standard InChI is InChI=1S/C25H28N6O2S/c1-19-23-24(29-14-9-15-30(17-16-29)34(2,32)33)26-22(18-20-10-5-3-6-11-20)27-25(23)31(28-19)21-12-7-4-8-13-21/h3-8,10-13H,9,14-18H2,1-2H3. The third kappa shape index (κ3) is 4.53. The number of hydrogen-bond donors (Lipinski definition) is 0. The van der Waals surface area contributed by atoms with Gasteiger partial charge in [0.25, 0.3) is 0 Å². The van der Waals surface area contributed by atoms with E-state index in [0.29, 0.717) is 26.1 Å². The molecule has 0 saturated carbocycles. The van der Waals surface area contributed by atoms with Gasteiger partial charge in [0, 0.05) is 32.6 Å². The molecule has 0 N–H and O–H groups in total. The molecule has 0 aliphatic carbocycles. The normalized spacial score (nSPS) is 15.5. The maximum Gasteiger partial charge on any atom is 0.211 e. The predicted octanol–water partition coefficient (Wildman–Crippen LogP) is 3.19. The Morgan fingerprint density at radius 2 is 1.59 bits per heavy atom. The largest absolute Gasteiger partial charge is 0.355 e. The van der Waals surface area contributed by atoms with Crippen LogP contribution in [0.1, 0.15) is 23.5 Å². The van der Waals surface area contributed by atoms with Crippen LogP contribution < -0.4 is 4.90 Å². The Balaban J connectivity index is 1.63. The number of para-hydroxylation sites is 1. The third-order valence-electron chi connectivity index (χ3n) is 6.16. The fourth-order valence-corrected chi connectivity index (χ4v) is 5.35. The number of fused-ring (bicyclic) bond motifs is 1. The van der Waals surface area contributed by atoms with E-state index in [9.17, 15) is 8.42 Å². The zero-order valence-corrected chi connectivity index (χ0v) is 20.2. The Bertz CT molecular complexity index is 1400. The molecule has 1 saturated heterocycles. The highest BCUT2D eigenvalue weighted by Gasteiger charge is 2.26. The van der Waals surface area contributed by atoms with Gasteiger partial charge in [-0.3, -0.25) is 0 Å². The van der Waals surface area contributed by atoms with E-state index >= 15 is 0 Å². The average Bonchev–Trinajstić information content (AvgIpc) is 2.99. The minimum atomic E-state index is -3.23. The maximum absolute atomic E-state index is 12.1. The van der Waals surface area contributed by atoms with Crippen LogP contribution in [0, 0.1) is 6.92 Å². The summed E-state index contributed by atoms with van der Waals surface area (Å²) in [6.07, 6.45) is 2.61. The number of aromatic nitrogens is 4. The zero-order chi connectivity index (χ0) is 23.7. The molecule has 8 nitrogen and oxygen atoms in total. The molecule has 0 unspecified atom stereocenters. The van der Waals surface area contributed by atoms with Crippen molar-refractivity contribution in [2.24, 2.45) is 0 Å². The van der Waals surface area contributed by atoms with Crippen molar-refractivity contribution in [3.8, 4) is 5.69 Å². The molecule has 5 rings (SSSR count). The molecule has 1 fully saturated rings. The summed E-state index contributed by atoms with van der Waals surface area (Å²) in [5.41, 5.74) is 3.69. The van der Waals surface area contributed by atoms with E-state index in [1.165, 1.54) is 6.26 Å². The second-order valence-electron chi connectivity index (χ2n) is 8.66. The Morgan fingerprint density at radius 1 is 0.882 bits per heavy atom. The van der Waals surface area contributed by atoms with Gasteiger partial charge >= 0.3 is 0 Å². The first kappa shape index (κ1) is 22.5. The van der Waals surface area contributed by atoms with Crippen molar-refractivity contribution in [1.82, 2.24) is 24.1 Å². The molecule has 2 aromatic carbocycles. The number of rotatable bonds is 5. The summed E-state index contributed by atoms with van der Waals surface area (Å²) in [6, 6.07) is 20.2. The van der Waals surface area contributed by atoms with Crippen LogP contribution in [0.25, 0.3) is 16.7 Å². The van der Waals surface area contributed by atoms with Gasteiger partial charge in [0.2, 0.25) is 10.0 Å². The van der Waals surface area contributed by atoms with Crippen LogP contribution in [0.3, 0.4) is 0 Å². The number of hydrogen-bond acceptors (Lipinski definition) is 6. The summed E-state index contributed by atoms with van der Waals surface area (Å²) in [5.74, 6) is 1.54. The van der Waals surface area contributed by atoms with Crippen LogP contribution in [-0.2, 0) is 16.4 Å². The topological polar surface area (TPSA) is 84.2 Å². The van der Waals surface area contributed by atoms with Crippen molar-refractivity contribution in [2.45, 2.75) is 19.8 Å². The summed E-state index contributed by atoms with van der Waals surface area (Å²) in [6.45, 7) is 4.22. The van der Waals surface area contributed by atoms with Crippen LogP contribution >= 0.6 is 0 Å². The fraction of sp³-hybridized carbons (Fsp3) is 0.320. The lowest BCUT2D eigenvalue weighted by molar-refractivity contribution is 0.437. The van der Waals surface area contributed by atoms with Gasteiger partial charge < -0.3 is 4.90 Å². The molecule has 4 aromatic rings. The van der Waals surface area contributed by atoms with Crippen molar-refractivity contribution in [3.63, 3.8) is 0 Å². The number of sulfonamides is 1. The molecule has 1 aliphatic rings. The third-order valence-corrected chi connectivity index (χ3v) is 7.46. The van der Waals surface area contributed by atoms with Crippen LogP contribution in [-0.4, -0.2) is 64.9 Å². The average molecular weight is 477 g/mol. The molecule has 0 spiro atoms. The molecule has 0 bridgehead atoms. The van der Waals surface area contributed by atoms with Crippen molar-refractivity contribution in [1.29, 1.82) is 0 Å². The monoisotopic (exact) mass is 476 g/mol. The zero-order valence-electron chi connectivity index (χ0n) is 19.4. The Kier molecular flexibility index (Phi) is 6.05. The maximum atomic E-state index is 12.1. The Labute approximate surface area is 199 Å².